The Balaban J connectivity index is 1.80. The Morgan fingerprint density at radius 3 is 2.23 bits per heavy atom. The van der Waals surface area contributed by atoms with Crippen LogP contribution < -0.4 is 10.2 Å². The summed E-state index contributed by atoms with van der Waals surface area (Å²) in [6, 6.07) is 11.6. The number of hydrogen-bond donors (Lipinski definition) is 1. The third-order valence-electron chi connectivity index (χ3n) is 5.37. The molecule has 3 rings (SSSR count). The molecule has 0 unspecified atom stereocenters. The minimum atomic E-state index is -3.63. The van der Waals surface area contributed by atoms with Gasteiger partial charge in [0.2, 0.25) is 15.9 Å². The van der Waals surface area contributed by atoms with Crippen molar-refractivity contribution in [2.45, 2.75) is 38.0 Å². The van der Waals surface area contributed by atoms with Gasteiger partial charge in [-0.05, 0) is 61.7 Å². The lowest BCUT2D eigenvalue weighted by Crippen LogP contribution is -2.36. The molecule has 0 radical (unpaired) electrons. The first kappa shape index (κ1) is 22.0. The predicted molar refractivity (Wildman–Crippen MR) is 117 cm³/mol. The quantitative estimate of drug-likeness (QED) is 0.789. The van der Waals surface area contributed by atoms with Crippen molar-refractivity contribution in [3.05, 3.63) is 53.6 Å². The van der Waals surface area contributed by atoms with Gasteiger partial charge in [0.25, 0.3) is 5.91 Å². The van der Waals surface area contributed by atoms with Gasteiger partial charge >= 0.3 is 0 Å². The van der Waals surface area contributed by atoms with Crippen molar-refractivity contribution >= 4 is 33.2 Å². The number of carbonyl (C=O) groups excluding carboxylic acids is 2. The number of nitrogens with one attached hydrogen (secondary N) is 1. The number of anilines is 2. The number of rotatable bonds is 5. The average Bonchev–Trinajstić information content (AvgIpc) is 2.74. The Bertz CT molecular complexity index is 1040. The van der Waals surface area contributed by atoms with Gasteiger partial charge in [0.1, 0.15) is 0 Å². The van der Waals surface area contributed by atoms with Crippen LogP contribution in [0, 0.1) is 6.92 Å². The molecular weight excluding hydrogens is 402 g/mol. The second kappa shape index (κ2) is 8.97. The van der Waals surface area contributed by atoms with Crippen LogP contribution in [-0.2, 0) is 14.8 Å². The maximum Gasteiger partial charge on any atom is 0.255 e. The summed E-state index contributed by atoms with van der Waals surface area (Å²) in [5.74, 6) is -0.480. The maximum absolute atomic E-state index is 13.1. The van der Waals surface area contributed by atoms with Crippen LogP contribution in [0.2, 0.25) is 0 Å². The molecule has 0 saturated carbocycles. The molecule has 30 heavy (non-hydrogen) atoms. The van der Waals surface area contributed by atoms with Crippen LogP contribution in [0.1, 0.15) is 42.1 Å². The first-order chi connectivity index (χ1) is 14.2. The molecule has 0 atom stereocenters. The number of aryl methyl sites for hydroxylation is 1. The Hall–Kier alpha value is -2.71. The topological polar surface area (TPSA) is 86.8 Å². The number of piperidine rings is 1. The van der Waals surface area contributed by atoms with E-state index < -0.39 is 15.9 Å². The Kier molecular flexibility index (Phi) is 6.58. The number of hydrogen-bond acceptors (Lipinski definition) is 4. The lowest BCUT2D eigenvalue weighted by molar-refractivity contribution is -0.116. The van der Waals surface area contributed by atoms with E-state index in [0.717, 1.165) is 19.3 Å². The normalized spacial score (nSPS) is 14.9. The maximum atomic E-state index is 13.1. The molecule has 1 heterocycles. The largest absolute Gasteiger partial charge is 0.322 e. The molecule has 0 spiro atoms. The highest BCUT2D eigenvalue weighted by atomic mass is 32.2. The highest BCUT2D eigenvalue weighted by Gasteiger charge is 2.28. The zero-order valence-electron chi connectivity index (χ0n) is 17.5. The van der Waals surface area contributed by atoms with Crippen LogP contribution >= 0.6 is 0 Å². The molecule has 2 aromatic carbocycles. The summed E-state index contributed by atoms with van der Waals surface area (Å²) < 4.78 is 27.6. The molecular formula is C22H27N3O4S. The Morgan fingerprint density at radius 1 is 1.00 bits per heavy atom. The number of benzene rings is 2. The second-order valence-electron chi connectivity index (χ2n) is 7.52. The number of nitrogens with zero attached hydrogens (tertiary/aromatic N) is 2. The summed E-state index contributed by atoms with van der Waals surface area (Å²) >= 11 is 0. The SMILES string of the molecule is CC(=O)N(C)c1ccc(NC(=O)c2ccc(C)c(S(=O)(=O)N3CCCCC3)c2)cc1. The van der Waals surface area contributed by atoms with E-state index in [1.54, 1.807) is 50.4 Å². The van der Waals surface area contributed by atoms with Gasteiger partial charge in [-0.3, -0.25) is 9.59 Å². The van der Waals surface area contributed by atoms with Crippen molar-refractivity contribution in [2.75, 3.05) is 30.4 Å². The van der Waals surface area contributed by atoms with Crippen molar-refractivity contribution in [1.29, 1.82) is 0 Å². The summed E-state index contributed by atoms with van der Waals surface area (Å²) in [5, 5.41) is 2.78. The molecule has 0 bridgehead atoms. The molecule has 2 aromatic rings. The summed E-state index contributed by atoms with van der Waals surface area (Å²) in [4.78, 5) is 25.9. The van der Waals surface area contributed by atoms with Gasteiger partial charge in [0.15, 0.2) is 0 Å². The zero-order valence-corrected chi connectivity index (χ0v) is 18.3. The van der Waals surface area contributed by atoms with Gasteiger partial charge in [-0.2, -0.15) is 4.31 Å². The molecule has 0 aliphatic carbocycles. The highest BCUT2D eigenvalue weighted by molar-refractivity contribution is 7.89. The summed E-state index contributed by atoms with van der Waals surface area (Å²) in [6.07, 6.45) is 2.75. The van der Waals surface area contributed by atoms with E-state index in [2.05, 4.69) is 5.32 Å². The fourth-order valence-electron chi connectivity index (χ4n) is 3.42. The Morgan fingerprint density at radius 2 is 1.63 bits per heavy atom. The van der Waals surface area contributed by atoms with Crippen molar-refractivity contribution in [3.63, 3.8) is 0 Å². The van der Waals surface area contributed by atoms with Crippen LogP contribution in [0.15, 0.2) is 47.4 Å². The van der Waals surface area contributed by atoms with E-state index in [1.807, 2.05) is 0 Å². The number of sulfonamides is 1. The minimum absolute atomic E-state index is 0.0890. The molecule has 1 fully saturated rings. The smallest absolute Gasteiger partial charge is 0.255 e. The first-order valence-electron chi connectivity index (χ1n) is 9.96. The van der Waals surface area contributed by atoms with E-state index in [1.165, 1.54) is 22.2 Å². The van der Waals surface area contributed by atoms with E-state index in [9.17, 15) is 18.0 Å². The first-order valence-corrected chi connectivity index (χ1v) is 11.4. The van der Waals surface area contributed by atoms with Crippen LogP contribution in [-0.4, -0.2) is 44.7 Å². The molecule has 160 valence electrons. The van der Waals surface area contributed by atoms with Gasteiger partial charge in [0, 0.05) is 44.0 Å². The standard InChI is InChI=1S/C22H27N3O4S/c1-16-7-8-18(15-21(16)30(28,29)25-13-5-4-6-14-25)22(27)23-19-9-11-20(12-10-19)24(3)17(2)26/h7-12,15H,4-6,13-14H2,1-3H3,(H,23,27). The molecule has 7 nitrogen and oxygen atoms in total. The fraction of sp³-hybridized carbons (Fsp3) is 0.364. The van der Waals surface area contributed by atoms with Gasteiger partial charge in [-0.25, -0.2) is 8.42 Å². The molecule has 1 aliphatic rings. The highest BCUT2D eigenvalue weighted by Crippen LogP contribution is 2.25. The van der Waals surface area contributed by atoms with Crippen molar-refractivity contribution in [2.24, 2.45) is 0 Å². The molecule has 8 heteroatoms. The van der Waals surface area contributed by atoms with Crippen molar-refractivity contribution < 1.29 is 18.0 Å². The monoisotopic (exact) mass is 429 g/mol. The molecule has 1 aliphatic heterocycles. The summed E-state index contributed by atoms with van der Waals surface area (Å²) in [6.45, 7) is 4.24. The third-order valence-corrected chi connectivity index (χ3v) is 7.41. The molecule has 1 N–H and O–H groups in total. The van der Waals surface area contributed by atoms with Crippen molar-refractivity contribution in [1.82, 2.24) is 4.31 Å². The van der Waals surface area contributed by atoms with Crippen LogP contribution in [0.5, 0.6) is 0 Å². The van der Waals surface area contributed by atoms with Gasteiger partial charge in [-0.1, -0.05) is 12.5 Å². The summed E-state index contributed by atoms with van der Waals surface area (Å²) in [7, 11) is -1.96. The van der Waals surface area contributed by atoms with E-state index in [4.69, 9.17) is 0 Å². The fourth-order valence-corrected chi connectivity index (χ4v) is 5.18. The van der Waals surface area contributed by atoms with Crippen LogP contribution in [0.3, 0.4) is 0 Å². The molecule has 2 amide bonds. The average molecular weight is 430 g/mol. The van der Waals surface area contributed by atoms with Gasteiger partial charge in [0.05, 0.1) is 4.90 Å². The number of carbonyl (C=O) groups is 2. The molecule has 1 saturated heterocycles. The van der Waals surface area contributed by atoms with Crippen LogP contribution in [0.25, 0.3) is 0 Å². The van der Waals surface area contributed by atoms with Gasteiger partial charge in [-0.15, -0.1) is 0 Å². The summed E-state index contributed by atoms with van der Waals surface area (Å²) in [5.41, 5.74) is 2.17. The van der Waals surface area contributed by atoms with Crippen LogP contribution in [0.4, 0.5) is 11.4 Å². The third kappa shape index (κ3) is 4.71. The van der Waals surface area contributed by atoms with Gasteiger partial charge < -0.3 is 10.2 Å². The second-order valence-corrected chi connectivity index (χ2v) is 9.43. The minimum Gasteiger partial charge on any atom is -0.322 e. The van der Waals surface area contributed by atoms with E-state index in [0.29, 0.717) is 30.0 Å². The predicted octanol–water partition coefficient (Wildman–Crippen LogP) is 3.40. The number of amides is 2. The van der Waals surface area contributed by atoms with E-state index in [-0.39, 0.29) is 16.4 Å². The van der Waals surface area contributed by atoms with E-state index >= 15 is 0 Å². The molecule has 0 aromatic heterocycles. The lowest BCUT2D eigenvalue weighted by Gasteiger charge is -2.26. The zero-order chi connectivity index (χ0) is 21.9. The lowest BCUT2D eigenvalue weighted by atomic mass is 10.1. The Labute approximate surface area is 177 Å². The van der Waals surface area contributed by atoms with Crippen molar-refractivity contribution in [3.8, 4) is 0 Å².